The first kappa shape index (κ1) is 12.9. The van der Waals surface area contributed by atoms with Gasteiger partial charge in [0, 0.05) is 6.07 Å². The number of benzene rings is 2. The molecular formula is C13H8F3NO2. The van der Waals surface area contributed by atoms with Crippen molar-refractivity contribution in [1.82, 2.24) is 0 Å². The molecule has 0 heterocycles. The molecule has 2 N–H and O–H groups in total. The van der Waals surface area contributed by atoms with Crippen molar-refractivity contribution in [1.29, 1.82) is 0 Å². The standard InChI is InChI=1S/C13H8F3NO2/c14-7-4-5-11(18)10(6-7)17-13(19)12-8(15)2-1-3-9(12)16/h1-6,18H,(H,17,19). The van der Waals surface area contributed by atoms with Crippen molar-refractivity contribution >= 4 is 11.6 Å². The molecule has 0 radical (unpaired) electrons. The third-order valence-electron chi connectivity index (χ3n) is 2.40. The summed E-state index contributed by atoms with van der Waals surface area (Å²) in [5, 5.41) is 11.4. The SMILES string of the molecule is O=C(Nc1cc(F)ccc1O)c1c(F)cccc1F. The number of amides is 1. The highest BCUT2D eigenvalue weighted by molar-refractivity contribution is 6.05. The molecule has 0 atom stereocenters. The van der Waals surface area contributed by atoms with E-state index in [-0.39, 0.29) is 5.69 Å². The van der Waals surface area contributed by atoms with Crippen molar-refractivity contribution in [3.8, 4) is 5.75 Å². The summed E-state index contributed by atoms with van der Waals surface area (Å²) in [6.45, 7) is 0. The second-order valence-corrected chi connectivity index (χ2v) is 3.71. The minimum atomic E-state index is -1.11. The predicted octanol–water partition coefficient (Wildman–Crippen LogP) is 3.06. The minimum Gasteiger partial charge on any atom is -0.506 e. The van der Waals surface area contributed by atoms with Gasteiger partial charge in [0.1, 0.15) is 28.8 Å². The van der Waals surface area contributed by atoms with E-state index in [0.29, 0.717) is 0 Å². The molecule has 1 amide bonds. The number of nitrogens with one attached hydrogen (secondary N) is 1. The fourth-order valence-corrected chi connectivity index (χ4v) is 1.51. The molecule has 0 aliphatic carbocycles. The average molecular weight is 267 g/mol. The van der Waals surface area contributed by atoms with Crippen LogP contribution in [0.5, 0.6) is 5.75 Å². The molecule has 2 rings (SSSR count). The average Bonchev–Trinajstić information content (AvgIpc) is 2.33. The largest absolute Gasteiger partial charge is 0.506 e. The summed E-state index contributed by atoms with van der Waals surface area (Å²) in [6.07, 6.45) is 0. The lowest BCUT2D eigenvalue weighted by atomic mass is 10.1. The second-order valence-electron chi connectivity index (χ2n) is 3.71. The van der Waals surface area contributed by atoms with Gasteiger partial charge in [-0.15, -0.1) is 0 Å². The Labute approximate surface area is 106 Å². The number of rotatable bonds is 2. The number of anilines is 1. The molecule has 0 aliphatic rings. The maximum absolute atomic E-state index is 13.3. The molecule has 0 saturated heterocycles. The van der Waals surface area contributed by atoms with Crippen LogP contribution in [0.4, 0.5) is 18.9 Å². The molecule has 6 heteroatoms. The molecule has 98 valence electrons. The van der Waals surface area contributed by atoms with Gasteiger partial charge < -0.3 is 10.4 Å². The van der Waals surface area contributed by atoms with Crippen LogP contribution in [0.2, 0.25) is 0 Å². The van der Waals surface area contributed by atoms with Gasteiger partial charge in [0.05, 0.1) is 5.69 Å². The van der Waals surface area contributed by atoms with Gasteiger partial charge in [-0.05, 0) is 24.3 Å². The zero-order chi connectivity index (χ0) is 14.0. The summed E-state index contributed by atoms with van der Waals surface area (Å²) in [5.74, 6) is -4.33. The zero-order valence-corrected chi connectivity index (χ0v) is 9.45. The van der Waals surface area contributed by atoms with E-state index in [4.69, 9.17) is 0 Å². The number of halogens is 3. The summed E-state index contributed by atoms with van der Waals surface area (Å²) >= 11 is 0. The maximum Gasteiger partial charge on any atom is 0.261 e. The number of hydrogen-bond acceptors (Lipinski definition) is 2. The Morgan fingerprint density at radius 3 is 2.32 bits per heavy atom. The molecule has 19 heavy (non-hydrogen) atoms. The Bertz CT molecular complexity index is 624. The van der Waals surface area contributed by atoms with E-state index in [1.54, 1.807) is 0 Å². The van der Waals surface area contributed by atoms with Crippen LogP contribution >= 0.6 is 0 Å². The third kappa shape index (κ3) is 2.67. The Hall–Kier alpha value is -2.50. The van der Waals surface area contributed by atoms with E-state index in [2.05, 4.69) is 0 Å². The van der Waals surface area contributed by atoms with Crippen LogP contribution < -0.4 is 5.32 Å². The highest BCUT2D eigenvalue weighted by atomic mass is 19.1. The number of carbonyl (C=O) groups excluding carboxylic acids is 1. The van der Waals surface area contributed by atoms with Gasteiger partial charge in [-0.25, -0.2) is 13.2 Å². The van der Waals surface area contributed by atoms with Crippen molar-refractivity contribution in [3.05, 3.63) is 59.4 Å². The second kappa shape index (κ2) is 5.01. The van der Waals surface area contributed by atoms with Gasteiger partial charge in [-0.3, -0.25) is 4.79 Å². The van der Waals surface area contributed by atoms with Gasteiger partial charge in [-0.1, -0.05) is 6.07 Å². The molecule has 0 aromatic heterocycles. The van der Waals surface area contributed by atoms with Crippen LogP contribution in [-0.4, -0.2) is 11.0 Å². The fourth-order valence-electron chi connectivity index (χ4n) is 1.51. The Morgan fingerprint density at radius 1 is 1.05 bits per heavy atom. The first-order chi connectivity index (χ1) is 8.99. The number of hydrogen-bond donors (Lipinski definition) is 2. The van der Waals surface area contributed by atoms with Crippen LogP contribution in [0, 0.1) is 17.5 Å². The Kier molecular flexibility index (Phi) is 3.41. The lowest BCUT2D eigenvalue weighted by molar-refractivity contribution is 0.101. The van der Waals surface area contributed by atoms with Gasteiger partial charge in [0.2, 0.25) is 0 Å². The lowest BCUT2D eigenvalue weighted by Crippen LogP contribution is -2.16. The monoisotopic (exact) mass is 267 g/mol. The smallest absolute Gasteiger partial charge is 0.261 e. The fraction of sp³-hybridized carbons (Fsp3) is 0. The van der Waals surface area contributed by atoms with Crippen molar-refractivity contribution in [3.63, 3.8) is 0 Å². The Balaban J connectivity index is 2.34. The highest BCUT2D eigenvalue weighted by Gasteiger charge is 2.18. The normalized spacial score (nSPS) is 10.3. The number of aromatic hydroxyl groups is 1. The first-order valence-corrected chi connectivity index (χ1v) is 5.23. The summed E-state index contributed by atoms with van der Waals surface area (Å²) < 4.78 is 39.6. The molecule has 0 fully saturated rings. The maximum atomic E-state index is 13.3. The molecule has 2 aromatic carbocycles. The molecule has 2 aromatic rings. The molecule has 0 bridgehead atoms. The van der Waals surface area contributed by atoms with Crippen molar-refractivity contribution in [2.45, 2.75) is 0 Å². The quantitative estimate of drug-likeness (QED) is 0.821. The molecule has 0 aliphatic heterocycles. The van der Waals surface area contributed by atoms with Gasteiger partial charge in [0.25, 0.3) is 5.91 Å². The van der Waals surface area contributed by atoms with E-state index in [9.17, 15) is 23.1 Å². The number of phenolic OH excluding ortho intramolecular Hbond substituents is 1. The summed E-state index contributed by atoms with van der Waals surface area (Å²) in [5.41, 5.74) is -1.07. The first-order valence-electron chi connectivity index (χ1n) is 5.23. The number of phenols is 1. The van der Waals surface area contributed by atoms with Crippen molar-refractivity contribution in [2.24, 2.45) is 0 Å². The Morgan fingerprint density at radius 2 is 1.68 bits per heavy atom. The topological polar surface area (TPSA) is 49.3 Å². The van der Waals surface area contributed by atoms with Crippen LogP contribution in [0.1, 0.15) is 10.4 Å². The van der Waals surface area contributed by atoms with E-state index in [1.165, 1.54) is 0 Å². The lowest BCUT2D eigenvalue weighted by Gasteiger charge is -2.08. The van der Waals surface area contributed by atoms with Gasteiger partial charge in [0.15, 0.2) is 0 Å². The van der Waals surface area contributed by atoms with E-state index in [1.807, 2.05) is 5.32 Å². The van der Waals surface area contributed by atoms with Crippen molar-refractivity contribution in [2.75, 3.05) is 5.32 Å². The van der Waals surface area contributed by atoms with Crippen LogP contribution in [0.3, 0.4) is 0 Å². The van der Waals surface area contributed by atoms with Crippen LogP contribution in [0.15, 0.2) is 36.4 Å². The zero-order valence-electron chi connectivity index (χ0n) is 9.45. The minimum absolute atomic E-state index is 0.271. The summed E-state index contributed by atoms with van der Waals surface area (Å²) in [7, 11) is 0. The van der Waals surface area contributed by atoms with E-state index < -0.39 is 34.7 Å². The summed E-state index contributed by atoms with van der Waals surface area (Å²) in [6, 6.07) is 5.79. The van der Waals surface area contributed by atoms with Gasteiger partial charge in [-0.2, -0.15) is 0 Å². The van der Waals surface area contributed by atoms with E-state index >= 15 is 0 Å². The van der Waals surface area contributed by atoms with Crippen LogP contribution in [-0.2, 0) is 0 Å². The molecule has 0 spiro atoms. The molecular weight excluding hydrogens is 259 g/mol. The predicted molar refractivity (Wildman–Crippen MR) is 62.4 cm³/mol. The van der Waals surface area contributed by atoms with Gasteiger partial charge >= 0.3 is 0 Å². The molecule has 0 unspecified atom stereocenters. The molecule has 0 saturated carbocycles. The highest BCUT2D eigenvalue weighted by Crippen LogP contribution is 2.24. The number of carbonyl (C=O) groups is 1. The van der Waals surface area contributed by atoms with Crippen molar-refractivity contribution < 1.29 is 23.1 Å². The third-order valence-corrected chi connectivity index (χ3v) is 2.40. The van der Waals surface area contributed by atoms with Crippen LogP contribution in [0.25, 0.3) is 0 Å². The molecule has 3 nitrogen and oxygen atoms in total. The van der Waals surface area contributed by atoms with E-state index in [0.717, 1.165) is 36.4 Å². The summed E-state index contributed by atoms with van der Waals surface area (Å²) in [4.78, 5) is 11.7.